The molecule has 1 N–H and O–H groups in total. The van der Waals surface area contributed by atoms with E-state index in [1.165, 1.54) is 0 Å². The molecule has 0 aromatic carbocycles. The molecule has 0 aliphatic rings. The molecule has 2 aromatic rings. The molecule has 0 aliphatic heterocycles. The summed E-state index contributed by atoms with van der Waals surface area (Å²) in [4.78, 5) is 4.41. The van der Waals surface area contributed by atoms with E-state index in [0.717, 1.165) is 18.1 Å². The van der Waals surface area contributed by atoms with Crippen molar-refractivity contribution in [2.75, 3.05) is 6.54 Å². The van der Waals surface area contributed by atoms with Gasteiger partial charge < -0.3 is 14.3 Å². The number of aromatic nitrogens is 2. The van der Waals surface area contributed by atoms with E-state index < -0.39 is 0 Å². The van der Waals surface area contributed by atoms with Crippen LogP contribution in [0.4, 0.5) is 0 Å². The van der Waals surface area contributed by atoms with Gasteiger partial charge in [-0.3, -0.25) is 0 Å². The fraction of sp³-hybridized carbons (Fsp3) is 0.500. The van der Waals surface area contributed by atoms with E-state index in [1.807, 2.05) is 36.1 Å². The van der Waals surface area contributed by atoms with Crippen molar-refractivity contribution < 1.29 is 4.42 Å². The quantitative estimate of drug-likeness (QED) is 0.903. The van der Waals surface area contributed by atoms with Crippen molar-refractivity contribution in [2.24, 2.45) is 12.5 Å². The third-order valence-electron chi connectivity index (χ3n) is 2.78. The Morgan fingerprint density at radius 3 is 2.72 bits per heavy atom. The SMILES string of the molecule is Cn1ccnc1C(NCC(C)(C)C)c1ccco1. The van der Waals surface area contributed by atoms with Crippen LogP contribution < -0.4 is 5.32 Å². The summed E-state index contributed by atoms with van der Waals surface area (Å²) in [5, 5.41) is 3.53. The summed E-state index contributed by atoms with van der Waals surface area (Å²) in [5.74, 6) is 1.86. The smallest absolute Gasteiger partial charge is 0.133 e. The summed E-state index contributed by atoms with van der Waals surface area (Å²) >= 11 is 0. The van der Waals surface area contributed by atoms with E-state index in [1.54, 1.807) is 6.26 Å². The molecule has 0 saturated carbocycles. The molecule has 0 amide bonds. The van der Waals surface area contributed by atoms with Crippen LogP contribution in [0.5, 0.6) is 0 Å². The molecule has 18 heavy (non-hydrogen) atoms. The predicted octanol–water partition coefficient (Wildman–Crippen LogP) is 2.74. The van der Waals surface area contributed by atoms with Crippen LogP contribution in [0.25, 0.3) is 0 Å². The second-order valence-electron chi connectivity index (χ2n) is 5.79. The first-order valence-corrected chi connectivity index (χ1v) is 6.21. The Hall–Kier alpha value is -1.55. The van der Waals surface area contributed by atoms with Gasteiger partial charge in [0.1, 0.15) is 17.6 Å². The topological polar surface area (TPSA) is 43.0 Å². The molecule has 2 heterocycles. The van der Waals surface area contributed by atoms with Gasteiger partial charge in [0.15, 0.2) is 0 Å². The van der Waals surface area contributed by atoms with Crippen molar-refractivity contribution in [2.45, 2.75) is 26.8 Å². The summed E-state index contributed by atoms with van der Waals surface area (Å²) in [5.41, 5.74) is 0.218. The van der Waals surface area contributed by atoms with Crippen LogP contribution in [0.15, 0.2) is 35.2 Å². The molecule has 2 rings (SSSR count). The van der Waals surface area contributed by atoms with Gasteiger partial charge in [0.2, 0.25) is 0 Å². The Morgan fingerprint density at radius 1 is 1.44 bits per heavy atom. The molecule has 0 bridgehead atoms. The molecule has 0 radical (unpaired) electrons. The summed E-state index contributed by atoms with van der Waals surface area (Å²) < 4.78 is 7.54. The molecule has 2 aromatic heterocycles. The minimum Gasteiger partial charge on any atom is -0.467 e. The summed E-state index contributed by atoms with van der Waals surface area (Å²) in [6.07, 6.45) is 5.46. The second kappa shape index (κ2) is 4.98. The molecule has 1 unspecified atom stereocenters. The standard InChI is InChI=1S/C14H21N3O/c1-14(2,3)10-16-12(11-6-5-9-18-11)13-15-7-8-17(13)4/h5-9,12,16H,10H2,1-4H3. The van der Waals surface area contributed by atoms with Crippen LogP contribution in [0.2, 0.25) is 0 Å². The molecule has 0 fully saturated rings. The lowest BCUT2D eigenvalue weighted by Crippen LogP contribution is -2.32. The monoisotopic (exact) mass is 247 g/mol. The average molecular weight is 247 g/mol. The number of aryl methyl sites for hydroxylation is 1. The number of hydrogen-bond acceptors (Lipinski definition) is 3. The number of hydrogen-bond donors (Lipinski definition) is 1. The number of nitrogens with one attached hydrogen (secondary N) is 1. The maximum atomic E-state index is 5.52. The van der Waals surface area contributed by atoms with E-state index in [0.29, 0.717) is 0 Å². The summed E-state index contributed by atoms with van der Waals surface area (Å²) in [6.45, 7) is 7.51. The zero-order valence-corrected chi connectivity index (χ0v) is 11.5. The lowest BCUT2D eigenvalue weighted by atomic mass is 9.96. The fourth-order valence-electron chi connectivity index (χ4n) is 1.84. The van der Waals surface area contributed by atoms with Gasteiger partial charge >= 0.3 is 0 Å². The van der Waals surface area contributed by atoms with Gasteiger partial charge in [0, 0.05) is 26.0 Å². The molecule has 4 nitrogen and oxygen atoms in total. The maximum absolute atomic E-state index is 5.52. The van der Waals surface area contributed by atoms with E-state index in [2.05, 4.69) is 31.1 Å². The fourth-order valence-corrected chi connectivity index (χ4v) is 1.84. The first-order valence-electron chi connectivity index (χ1n) is 6.21. The molecule has 0 aliphatic carbocycles. The van der Waals surface area contributed by atoms with Gasteiger partial charge in [-0.1, -0.05) is 20.8 Å². The Kier molecular flexibility index (Phi) is 3.57. The lowest BCUT2D eigenvalue weighted by molar-refractivity contribution is 0.340. The molecular weight excluding hydrogens is 226 g/mol. The van der Waals surface area contributed by atoms with E-state index in [4.69, 9.17) is 4.42 Å². The van der Waals surface area contributed by atoms with E-state index >= 15 is 0 Å². The Labute approximate surface area is 108 Å². The molecule has 0 spiro atoms. The first-order chi connectivity index (χ1) is 8.47. The zero-order chi connectivity index (χ0) is 13.2. The van der Waals surface area contributed by atoms with Gasteiger partial charge in [0.05, 0.1) is 6.26 Å². The van der Waals surface area contributed by atoms with Crippen molar-refractivity contribution in [3.63, 3.8) is 0 Å². The molecular formula is C14H21N3O. The minimum atomic E-state index is -0.000718. The Balaban J connectivity index is 2.22. The average Bonchev–Trinajstić information content (AvgIpc) is 2.90. The highest BCUT2D eigenvalue weighted by atomic mass is 16.3. The number of nitrogens with zero attached hydrogens (tertiary/aromatic N) is 2. The van der Waals surface area contributed by atoms with Crippen LogP contribution in [-0.2, 0) is 7.05 Å². The van der Waals surface area contributed by atoms with Gasteiger partial charge in [-0.15, -0.1) is 0 Å². The van der Waals surface area contributed by atoms with Crippen molar-refractivity contribution in [3.05, 3.63) is 42.4 Å². The summed E-state index contributed by atoms with van der Waals surface area (Å²) in [6, 6.07) is 3.89. The van der Waals surface area contributed by atoms with Gasteiger partial charge in [0.25, 0.3) is 0 Å². The number of furan rings is 1. The normalized spacial score (nSPS) is 13.8. The van der Waals surface area contributed by atoms with Crippen LogP contribution >= 0.6 is 0 Å². The van der Waals surface area contributed by atoms with Crippen molar-refractivity contribution in [1.82, 2.24) is 14.9 Å². The number of imidazole rings is 1. The lowest BCUT2D eigenvalue weighted by Gasteiger charge is -2.23. The molecule has 98 valence electrons. The zero-order valence-electron chi connectivity index (χ0n) is 11.5. The first kappa shape index (κ1) is 12.9. The third-order valence-corrected chi connectivity index (χ3v) is 2.78. The van der Waals surface area contributed by atoms with Crippen LogP contribution in [0.3, 0.4) is 0 Å². The maximum Gasteiger partial charge on any atom is 0.133 e. The van der Waals surface area contributed by atoms with E-state index in [9.17, 15) is 0 Å². The van der Waals surface area contributed by atoms with Crippen LogP contribution in [0, 0.1) is 5.41 Å². The van der Waals surface area contributed by atoms with Crippen LogP contribution in [-0.4, -0.2) is 16.1 Å². The number of rotatable bonds is 4. The van der Waals surface area contributed by atoms with Crippen molar-refractivity contribution in [1.29, 1.82) is 0 Å². The van der Waals surface area contributed by atoms with Crippen molar-refractivity contribution >= 4 is 0 Å². The minimum absolute atomic E-state index is 0.000718. The highest BCUT2D eigenvalue weighted by molar-refractivity contribution is 5.15. The highest BCUT2D eigenvalue weighted by Gasteiger charge is 2.22. The predicted molar refractivity (Wildman–Crippen MR) is 71.2 cm³/mol. The van der Waals surface area contributed by atoms with Gasteiger partial charge in [-0.2, -0.15) is 0 Å². The highest BCUT2D eigenvalue weighted by Crippen LogP contribution is 2.22. The van der Waals surface area contributed by atoms with Gasteiger partial charge in [-0.25, -0.2) is 4.98 Å². The van der Waals surface area contributed by atoms with E-state index in [-0.39, 0.29) is 11.5 Å². The van der Waals surface area contributed by atoms with Gasteiger partial charge in [-0.05, 0) is 17.5 Å². The largest absolute Gasteiger partial charge is 0.467 e. The molecule has 0 saturated heterocycles. The summed E-state index contributed by atoms with van der Waals surface area (Å²) in [7, 11) is 2.00. The Morgan fingerprint density at radius 2 is 2.22 bits per heavy atom. The molecule has 1 atom stereocenters. The second-order valence-corrected chi connectivity index (χ2v) is 5.79. The Bertz CT molecular complexity index is 479. The molecule has 4 heteroatoms. The van der Waals surface area contributed by atoms with Crippen molar-refractivity contribution in [3.8, 4) is 0 Å². The third kappa shape index (κ3) is 3.01. The van der Waals surface area contributed by atoms with Crippen LogP contribution in [0.1, 0.15) is 38.4 Å².